The summed E-state index contributed by atoms with van der Waals surface area (Å²) in [4.78, 5) is 29.1. The van der Waals surface area contributed by atoms with Crippen molar-refractivity contribution in [3.05, 3.63) is 88.9 Å². The van der Waals surface area contributed by atoms with Gasteiger partial charge in [0.05, 0.1) is 17.7 Å². The van der Waals surface area contributed by atoms with Gasteiger partial charge in [0.2, 0.25) is 11.8 Å². The summed E-state index contributed by atoms with van der Waals surface area (Å²) in [5, 5.41) is 3.26. The van der Waals surface area contributed by atoms with Crippen LogP contribution in [0.5, 0.6) is 5.75 Å². The summed E-state index contributed by atoms with van der Waals surface area (Å²) in [5.74, 6) is -0.559. The van der Waals surface area contributed by atoms with Gasteiger partial charge in [0, 0.05) is 17.6 Å². The van der Waals surface area contributed by atoms with Gasteiger partial charge in [-0.15, -0.1) is 0 Å². The Morgan fingerprint density at radius 1 is 0.976 bits per heavy atom. The summed E-state index contributed by atoms with van der Waals surface area (Å²) >= 11 is 6.30. The molecular weight excluding hydrogens is 574 g/mol. The predicted molar refractivity (Wildman–Crippen MR) is 168 cm³/mol. The van der Waals surface area contributed by atoms with Crippen molar-refractivity contribution in [2.45, 2.75) is 63.9 Å². The molecule has 0 aliphatic heterocycles. The SMILES string of the molecule is CC[C@@H](C)NC(=O)[C@@H](CC)N(CCc1ccccc1)C(=O)CN(c1cc(Cl)ccc1OC)S(=O)(=O)c1ccc(C)cc1. The number of ether oxygens (including phenoxy) is 1. The Balaban J connectivity index is 2.08. The number of nitrogens with zero attached hydrogens (tertiary/aromatic N) is 2. The largest absolute Gasteiger partial charge is 0.495 e. The van der Waals surface area contributed by atoms with Gasteiger partial charge in [0.25, 0.3) is 10.0 Å². The van der Waals surface area contributed by atoms with Crippen molar-refractivity contribution in [3.63, 3.8) is 0 Å². The molecule has 1 N–H and O–H groups in total. The fraction of sp³-hybridized carbons (Fsp3) is 0.375. The standard InChI is InChI=1S/C32H40ClN3O5S/c1-6-24(4)34-32(38)28(7-2)35(20-19-25-11-9-8-10-12-25)31(37)22-36(29-21-26(33)15-18-30(29)41-5)42(39,40)27-16-13-23(3)14-17-27/h8-18,21,24,28H,6-7,19-20,22H2,1-5H3,(H,34,38)/t24-,28-/m1/s1. The minimum absolute atomic E-state index is 0.0142. The van der Waals surface area contributed by atoms with Gasteiger partial charge in [0.1, 0.15) is 18.3 Å². The maximum Gasteiger partial charge on any atom is 0.264 e. The van der Waals surface area contributed by atoms with Crippen LogP contribution in [0.15, 0.2) is 77.7 Å². The van der Waals surface area contributed by atoms with E-state index in [1.54, 1.807) is 24.3 Å². The lowest BCUT2D eigenvalue weighted by atomic mass is 10.1. The second-order valence-electron chi connectivity index (χ2n) is 10.2. The molecule has 3 aromatic rings. The van der Waals surface area contributed by atoms with Crippen molar-refractivity contribution in [3.8, 4) is 5.75 Å². The Morgan fingerprint density at radius 2 is 1.64 bits per heavy atom. The molecule has 0 saturated carbocycles. The van der Waals surface area contributed by atoms with Crippen LogP contribution in [-0.2, 0) is 26.0 Å². The van der Waals surface area contributed by atoms with Gasteiger partial charge >= 0.3 is 0 Å². The number of halogens is 1. The fourth-order valence-corrected chi connectivity index (χ4v) is 6.13. The van der Waals surface area contributed by atoms with Gasteiger partial charge in [-0.2, -0.15) is 0 Å². The van der Waals surface area contributed by atoms with E-state index in [1.807, 2.05) is 58.0 Å². The maximum absolute atomic E-state index is 14.2. The second-order valence-corrected chi connectivity index (χ2v) is 12.5. The van der Waals surface area contributed by atoms with Gasteiger partial charge in [-0.3, -0.25) is 13.9 Å². The number of benzene rings is 3. The molecule has 10 heteroatoms. The normalized spacial score (nSPS) is 12.7. The molecule has 2 atom stereocenters. The molecule has 0 aromatic heterocycles. The van der Waals surface area contributed by atoms with E-state index in [1.165, 1.54) is 30.2 Å². The fourth-order valence-electron chi connectivity index (χ4n) is 4.55. The van der Waals surface area contributed by atoms with E-state index in [2.05, 4.69) is 5.32 Å². The predicted octanol–water partition coefficient (Wildman–Crippen LogP) is 5.62. The summed E-state index contributed by atoms with van der Waals surface area (Å²) in [7, 11) is -2.82. The van der Waals surface area contributed by atoms with Crippen molar-refractivity contribution >= 4 is 39.1 Å². The molecule has 0 unspecified atom stereocenters. The molecule has 0 saturated heterocycles. The van der Waals surface area contributed by atoms with Crippen LogP contribution in [0.1, 0.15) is 44.7 Å². The molecule has 0 heterocycles. The maximum atomic E-state index is 14.2. The van der Waals surface area contributed by atoms with E-state index in [0.29, 0.717) is 12.8 Å². The van der Waals surface area contributed by atoms with Crippen LogP contribution in [0.3, 0.4) is 0 Å². The number of rotatable bonds is 14. The number of anilines is 1. The van der Waals surface area contributed by atoms with E-state index < -0.39 is 28.5 Å². The van der Waals surface area contributed by atoms with Crippen LogP contribution in [0.4, 0.5) is 5.69 Å². The van der Waals surface area contributed by atoms with Crippen molar-refractivity contribution < 1.29 is 22.7 Å². The highest BCUT2D eigenvalue weighted by Gasteiger charge is 2.35. The van der Waals surface area contributed by atoms with Crippen molar-refractivity contribution in [1.82, 2.24) is 10.2 Å². The minimum Gasteiger partial charge on any atom is -0.495 e. The zero-order chi connectivity index (χ0) is 30.9. The third-order valence-electron chi connectivity index (χ3n) is 7.17. The topological polar surface area (TPSA) is 96.0 Å². The number of amides is 2. The number of carbonyl (C=O) groups is 2. The molecule has 2 amide bonds. The third-order valence-corrected chi connectivity index (χ3v) is 9.18. The molecule has 42 heavy (non-hydrogen) atoms. The zero-order valence-corrected chi connectivity index (χ0v) is 26.4. The summed E-state index contributed by atoms with van der Waals surface area (Å²) in [6.07, 6.45) is 1.58. The monoisotopic (exact) mass is 613 g/mol. The van der Waals surface area contributed by atoms with Crippen molar-refractivity contribution in [2.75, 3.05) is 24.5 Å². The van der Waals surface area contributed by atoms with Gasteiger partial charge in [-0.05, 0) is 69.0 Å². The van der Waals surface area contributed by atoms with Crippen LogP contribution >= 0.6 is 11.6 Å². The second kappa shape index (κ2) is 15.1. The molecule has 0 aliphatic rings. The van der Waals surface area contributed by atoms with Crippen LogP contribution in [0.2, 0.25) is 5.02 Å². The molecule has 0 radical (unpaired) electrons. The Kier molecular flexibility index (Phi) is 11.8. The lowest BCUT2D eigenvalue weighted by molar-refractivity contribution is -0.139. The summed E-state index contributed by atoms with van der Waals surface area (Å²) in [6.45, 7) is 7.23. The minimum atomic E-state index is -4.24. The number of hydrogen-bond acceptors (Lipinski definition) is 5. The molecular formula is C32H40ClN3O5S. The van der Waals surface area contributed by atoms with Gasteiger partial charge in [0.15, 0.2) is 0 Å². The van der Waals surface area contributed by atoms with E-state index in [9.17, 15) is 18.0 Å². The smallest absolute Gasteiger partial charge is 0.264 e. The molecule has 3 rings (SSSR count). The Hall–Kier alpha value is -3.56. The van der Waals surface area contributed by atoms with E-state index in [0.717, 1.165) is 21.9 Å². The van der Waals surface area contributed by atoms with Crippen LogP contribution in [-0.4, -0.2) is 57.4 Å². The van der Waals surface area contributed by atoms with Gasteiger partial charge in [-0.25, -0.2) is 8.42 Å². The lowest BCUT2D eigenvalue weighted by Crippen LogP contribution is -2.54. The van der Waals surface area contributed by atoms with Crippen molar-refractivity contribution in [2.24, 2.45) is 0 Å². The first-order valence-corrected chi connectivity index (χ1v) is 15.9. The molecule has 0 spiro atoms. The molecule has 0 bridgehead atoms. The number of methoxy groups -OCH3 is 1. The van der Waals surface area contributed by atoms with Crippen molar-refractivity contribution in [1.29, 1.82) is 0 Å². The Morgan fingerprint density at radius 3 is 2.24 bits per heavy atom. The molecule has 8 nitrogen and oxygen atoms in total. The average Bonchev–Trinajstić information content (AvgIpc) is 2.98. The van der Waals surface area contributed by atoms with Gasteiger partial charge < -0.3 is 15.0 Å². The highest BCUT2D eigenvalue weighted by Crippen LogP contribution is 2.35. The first kappa shape index (κ1) is 32.9. The summed E-state index contributed by atoms with van der Waals surface area (Å²) in [6, 6.07) is 19.8. The molecule has 0 aliphatic carbocycles. The van der Waals surface area contributed by atoms with E-state index >= 15 is 0 Å². The number of carbonyl (C=O) groups excluding carboxylic acids is 2. The molecule has 3 aromatic carbocycles. The summed E-state index contributed by atoms with van der Waals surface area (Å²) < 4.78 is 34.7. The average molecular weight is 614 g/mol. The Labute approximate surface area is 254 Å². The first-order valence-electron chi connectivity index (χ1n) is 14.1. The number of aryl methyl sites for hydroxylation is 1. The molecule has 226 valence electrons. The highest BCUT2D eigenvalue weighted by atomic mass is 35.5. The molecule has 0 fully saturated rings. The number of nitrogens with one attached hydrogen (secondary N) is 1. The number of sulfonamides is 1. The van der Waals surface area contributed by atoms with Crippen LogP contribution in [0.25, 0.3) is 0 Å². The summed E-state index contributed by atoms with van der Waals surface area (Å²) in [5.41, 5.74) is 2.01. The van der Waals surface area contributed by atoms with Crippen LogP contribution in [0, 0.1) is 6.92 Å². The lowest BCUT2D eigenvalue weighted by Gasteiger charge is -2.34. The third kappa shape index (κ3) is 8.26. The van der Waals surface area contributed by atoms with Gasteiger partial charge in [-0.1, -0.05) is 73.5 Å². The quantitative estimate of drug-likeness (QED) is 0.255. The number of hydrogen-bond donors (Lipinski definition) is 1. The van der Waals surface area contributed by atoms with E-state index in [4.69, 9.17) is 16.3 Å². The zero-order valence-electron chi connectivity index (χ0n) is 24.8. The first-order chi connectivity index (χ1) is 20.0. The Bertz CT molecular complexity index is 1450. The van der Waals surface area contributed by atoms with Crippen LogP contribution < -0.4 is 14.4 Å². The highest BCUT2D eigenvalue weighted by molar-refractivity contribution is 7.92. The van der Waals surface area contributed by atoms with E-state index in [-0.39, 0.29) is 39.8 Å².